The van der Waals surface area contributed by atoms with Crippen molar-refractivity contribution in [3.8, 4) is 5.69 Å². The quantitative estimate of drug-likeness (QED) is 0.593. The number of rotatable bonds is 7. The Balaban J connectivity index is 2.30. The summed E-state index contributed by atoms with van der Waals surface area (Å²) in [5, 5.41) is 27.4. The van der Waals surface area contributed by atoms with Crippen molar-refractivity contribution in [1.82, 2.24) is 19.9 Å². The Morgan fingerprint density at radius 3 is 2.76 bits per heavy atom. The Morgan fingerprint density at radius 2 is 2.16 bits per heavy atom. The molecule has 0 spiro atoms. The average molecular weight is 347 g/mol. The van der Waals surface area contributed by atoms with Crippen LogP contribution in [0.3, 0.4) is 0 Å². The zero-order valence-electron chi connectivity index (χ0n) is 13.7. The monoisotopic (exact) mass is 347 g/mol. The molecule has 25 heavy (non-hydrogen) atoms. The van der Waals surface area contributed by atoms with E-state index in [1.165, 1.54) is 34.0 Å². The fourth-order valence-electron chi connectivity index (χ4n) is 2.18. The molecule has 0 aliphatic carbocycles. The molecule has 1 amide bonds. The van der Waals surface area contributed by atoms with Gasteiger partial charge in [-0.15, -0.1) is 5.10 Å². The number of aromatic nitrogens is 3. The second-order valence-electron chi connectivity index (χ2n) is 5.41. The molecule has 1 unspecified atom stereocenters. The molecule has 0 radical (unpaired) electrons. The van der Waals surface area contributed by atoms with Gasteiger partial charge in [0.25, 0.3) is 11.6 Å². The van der Waals surface area contributed by atoms with Gasteiger partial charge < -0.3 is 10.0 Å². The number of carbonyl (C=O) groups is 2. The summed E-state index contributed by atoms with van der Waals surface area (Å²) < 4.78 is 1.23. The van der Waals surface area contributed by atoms with Crippen molar-refractivity contribution in [2.45, 2.75) is 26.3 Å². The van der Waals surface area contributed by atoms with Crippen LogP contribution < -0.4 is 0 Å². The van der Waals surface area contributed by atoms with Crippen molar-refractivity contribution < 1.29 is 19.6 Å². The Kier molecular flexibility index (Phi) is 5.42. The highest BCUT2D eigenvalue weighted by Crippen LogP contribution is 2.17. The molecule has 132 valence electrons. The number of non-ortho nitro benzene ring substituents is 1. The van der Waals surface area contributed by atoms with E-state index in [4.69, 9.17) is 5.11 Å². The van der Waals surface area contributed by atoms with Crippen LogP contribution >= 0.6 is 0 Å². The molecule has 10 nitrogen and oxygen atoms in total. The van der Waals surface area contributed by atoms with Gasteiger partial charge in [0, 0.05) is 18.2 Å². The van der Waals surface area contributed by atoms with E-state index in [0.717, 1.165) is 0 Å². The van der Waals surface area contributed by atoms with Crippen molar-refractivity contribution >= 4 is 17.6 Å². The molecule has 0 saturated carbocycles. The number of aliphatic carboxylic acids is 1. The van der Waals surface area contributed by atoms with Crippen molar-refractivity contribution in [3.63, 3.8) is 0 Å². The number of carboxylic acids is 1. The van der Waals surface area contributed by atoms with Gasteiger partial charge in [0.05, 0.1) is 16.8 Å². The highest BCUT2D eigenvalue weighted by molar-refractivity contribution is 5.94. The summed E-state index contributed by atoms with van der Waals surface area (Å²) in [6.07, 6.45) is 1.90. The minimum atomic E-state index is -1.13. The number of carboxylic acid groups (broad SMARTS) is 1. The van der Waals surface area contributed by atoms with Crippen LogP contribution in [0.5, 0.6) is 0 Å². The predicted molar refractivity (Wildman–Crippen MR) is 86.4 cm³/mol. The molecule has 2 aromatic rings. The lowest BCUT2D eigenvalue weighted by Crippen LogP contribution is -2.42. The maximum absolute atomic E-state index is 12.5. The van der Waals surface area contributed by atoms with Gasteiger partial charge >= 0.3 is 5.97 Å². The molecule has 0 bridgehead atoms. The number of nitrogens with zero attached hydrogens (tertiary/aromatic N) is 5. The number of hydrogen-bond donors (Lipinski definition) is 1. The van der Waals surface area contributed by atoms with E-state index in [1.807, 2.05) is 6.92 Å². The molecule has 2 rings (SSSR count). The topological polar surface area (TPSA) is 131 Å². The van der Waals surface area contributed by atoms with Crippen molar-refractivity contribution in [1.29, 1.82) is 0 Å². The minimum Gasteiger partial charge on any atom is -0.480 e. The lowest BCUT2D eigenvalue weighted by molar-refractivity contribution is -0.384. The average Bonchev–Trinajstić information content (AvgIpc) is 3.08. The van der Waals surface area contributed by atoms with Gasteiger partial charge in [0.2, 0.25) is 0 Å². The number of hydrogen-bond acceptors (Lipinski definition) is 6. The van der Waals surface area contributed by atoms with Gasteiger partial charge in [0.1, 0.15) is 6.54 Å². The third kappa shape index (κ3) is 4.16. The molecule has 1 heterocycles. The van der Waals surface area contributed by atoms with E-state index in [1.54, 1.807) is 13.0 Å². The number of carbonyl (C=O) groups excluding carboxylic acids is 1. The molecule has 1 aromatic heterocycles. The van der Waals surface area contributed by atoms with Gasteiger partial charge in [0.15, 0.2) is 5.69 Å². The third-order valence-electron chi connectivity index (χ3n) is 3.71. The van der Waals surface area contributed by atoms with E-state index in [-0.39, 0.29) is 17.4 Å². The van der Waals surface area contributed by atoms with Gasteiger partial charge in [-0.05, 0) is 19.4 Å². The highest BCUT2D eigenvalue weighted by Gasteiger charge is 2.25. The first-order valence-electron chi connectivity index (χ1n) is 7.53. The van der Waals surface area contributed by atoms with E-state index in [0.29, 0.717) is 12.1 Å². The Labute approximate surface area is 142 Å². The third-order valence-corrected chi connectivity index (χ3v) is 3.71. The van der Waals surface area contributed by atoms with Crippen molar-refractivity contribution in [2.75, 3.05) is 6.54 Å². The lowest BCUT2D eigenvalue weighted by Gasteiger charge is -2.25. The fourth-order valence-corrected chi connectivity index (χ4v) is 2.18. The van der Waals surface area contributed by atoms with E-state index >= 15 is 0 Å². The molecular weight excluding hydrogens is 330 g/mol. The molecule has 1 atom stereocenters. The molecule has 0 aliphatic heterocycles. The Morgan fingerprint density at radius 1 is 1.44 bits per heavy atom. The van der Waals surface area contributed by atoms with Gasteiger partial charge in [-0.1, -0.05) is 18.2 Å². The van der Waals surface area contributed by atoms with E-state index in [2.05, 4.69) is 10.3 Å². The first-order chi connectivity index (χ1) is 11.8. The first-order valence-corrected chi connectivity index (χ1v) is 7.53. The number of benzene rings is 1. The van der Waals surface area contributed by atoms with Crippen LogP contribution in [-0.2, 0) is 4.79 Å². The van der Waals surface area contributed by atoms with Crippen LogP contribution in [0.25, 0.3) is 5.69 Å². The number of nitro benzene ring substituents is 1. The molecule has 0 fully saturated rings. The standard InChI is InChI=1S/C15H17N5O5/c1-3-10(2)18(9-14(21)22)15(23)13-8-19(17-16-13)11-5-4-6-12(7-11)20(24)25/h4-8,10H,3,9H2,1-2H3,(H,21,22). The van der Waals surface area contributed by atoms with Gasteiger partial charge in [-0.2, -0.15) is 0 Å². The maximum Gasteiger partial charge on any atom is 0.323 e. The van der Waals surface area contributed by atoms with Crippen LogP contribution in [0.4, 0.5) is 5.69 Å². The second kappa shape index (κ2) is 7.51. The van der Waals surface area contributed by atoms with Crippen LogP contribution in [0.2, 0.25) is 0 Å². The molecular formula is C15H17N5O5. The van der Waals surface area contributed by atoms with Crippen molar-refractivity contribution in [2.24, 2.45) is 0 Å². The molecule has 1 aromatic carbocycles. The summed E-state index contributed by atoms with van der Waals surface area (Å²) >= 11 is 0. The molecule has 0 saturated heterocycles. The van der Waals surface area contributed by atoms with Crippen LogP contribution in [0.1, 0.15) is 30.8 Å². The number of nitro groups is 1. The highest BCUT2D eigenvalue weighted by atomic mass is 16.6. The van der Waals surface area contributed by atoms with Crippen LogP contribution in [-0.4, -0.2) is 54.4 Å². The summed E-state index contributed by atoms with van der Waals surface area (Å²) in [6.45, 7) is 3.13. The molecule has 10 heteroatoms. The Bertz CT molecular complexity index is 803. The summed E-state index contributed by atoms with van der Waals surface area (Å²) in [5.41, 5.74) is 0.218. The largest absolute Gasteiger partial charge is 0.480 e. The van der Waals surface area contributed by atoms with E-state index < -0.39 is 23.3 Å². The summed E-state index contributed by atoms with van der Waals surface area (Å²) in [6, 6.07) is 5.43. The zero-order valence-corrected chi connectivity index (χ0v) is 13.7. The zero-order chi connectivity index (χ0) is 18.6. The SMILES string of the molecule is CCC(C)N(CC(=O)O)C(=O)c1cn(-c2cccc([N+](=O)[O-])c2)nn1. The smallest absolute Gasteiger partial charge is 0.323 e. The van der Waals surface area contributed by atoms with Gasteiger partial charge in [-0.3, -0.25) is 19.7 Å². The maximum atomic E-state index is 12.5. The molecule has 1 N–H and O–H groups in total. The summed E-state index contributed by atoms with van der Waals surface area (Å²) in [5.74, 6) is -1.69. The fraction of sp³-hybridized carbons (Fsp3) is 0.333. The first kappa shape index (κ1) is 18.0. The van der Waals surface area contributed by atoms with Gasteiger partial charge in [-0.25, -0.2) is 4.68 Å². The minimum absolute atomic E-state index is 0.0342. The van der Waals surface area contributed by atoms with Crippen molar-refractivity contribution in [3.05, 3.63) is 46.3 Å². The second-order valence-corrected chi connectivity index (χ2v) is 5.41. The normalized spacial score (nSPS) is 11.8. The Hall–Kier alpha value is -3.30. The van der Waals surface area contributed by atoms with Crippen LogP contribution in [0, 0.1) is 10.1 Å². The predicted octanol–water partition coefficient (Wildman–Crippen LogP) is 1.50. The lowest BCUT2D eigenvalue weighted by atomic mass is 10.2. The summed E-state index contributed by atoms with van der Waals surface area (Å²) in [4.78, 5) is 35.0. The summed E-state index contributed by atoms with van der Waals surface area (Å²) in [7, 11) is 0. The molecule has 0 aliphatic rings. The van der Waals surface area contributed by atoms with Crippen LogP contribution in [0.15, 0.2) is 30.5 Å². The number of amides is 1. The van der Waals surface area contributed by atoms with E-state index in [9.17, 15) is 19.7 Å².